The molecule has 0 radical (unpaired) electrons. The first-order chi connectivity index (χ1) is 10.4. The highest BCUT2D eigenvalue weighted by Crippen LogP contribution is 2.26. The molecule has 0 fully saturated rings. The molecule has 2 rings (SSSR count). The lowest BCUT2D eigenvalue weighted by Crippen LogP contribution is -2.32. The number of hydrogen-bond donors (Lipinski definition) is 2. The van der Waals surface area contributed by atoms with Crippen LogP contribution in [0.25, 0.3) is 0 Å². The molecule has 5 nitrogen and oxygen atoms in total. The van der Waals surface area contributed by atoms with E-state index in [1.807, 2.05) is 50.6 Å². The van der Waals surface area contributed by atoms with Crippen LogP contribution in [0.4, 0.5) is 5.69 Å². The summed E-state index contributed by atoms with van der Waals surface area (Å²) in [6.45, 7) is 5.61. The van der Waals surface area contributed by atoms with Crippen LogP contribution in [-0.4, -0.2) is 17.6 Å². The standard InChI is InChI=1S/C17H20N2O3/c1-11-6-5-7-14(12(11)2)18-16(21)10-22-17-13(3)19(4)9-8-15(17)20/h5-9H,10H2,1-4H3,(H,18,21)/p+1. The van der Waals surface area contributed by atoms with Gasteiger partial charge in [-0.15, -0.1) is 0 Å². The Morgan fingerprint density at radius 1 is 1.27 bits per heavy atom. The number of carbonyl (C=O) groups is 1. The summed E-state index contributed by atoms with van der Waals surface area (Å²) in [6, 6.07) is 7.27. The second-order valence-electron chi connectivity index (χ2n) is 5.31. The summed E-state index contributed by atoms with van der Waals surface area (Å²) in [7, 11) is 1.85. The number of benzene rings is 1. The van der Waals surface area contributed by atoms with E-state index in [2.05, 4.69) is 5.32 Å². The number of aryl methyl sites for hydroxylation is 2. The van der Waals surface area contributed by atoms with E-state index in [0.717, 1.165) is 22.5 Å². The molecule has 1 heterocycles. The van der Waals surface area contributed by atoms with Crippen molar-refractivity contribution in [2.75, 3.05) is 11.9 Å². The van der Waals surface area contributed by atoms with Gasteiger partial charge in [0.25, 0.3) is 5.91 Å². The average Bonchev–Trinajstić information content (AvgIpc) is 2.48. The van der Waals surface area contributed by atoms with Crippen molar-refractivity contribution in [1.82, 2.24) is 0 Å². The van der Waals surface area contributed by atoms with Gasteiger partial charge in [-0.1, -0.05) is 12.1 Å². The van der Waals surface area contributed by atoms with Crippen molar-refractivity contribution >= 4 is 11.6 Å². The average molecular weight is 301 g/mol. The van der Waals surface area contributed by atoms with Gasteiger partial charge < -0.3 is 15.2 Å². The van der Waals surface area contributed by atoms with Crippen molar-refractivity contribution in [3.8, 4) is 11.5 Å². The lowest BCUT2D eigenvalue weighted by atomic mass is 10.1. The summed E-state index contributed by atoms with van der Waals surface area (Å²) >= 11 is 0. The predicted octanol–water partition coefficient (Wildman–Crippen LogP) is 2.16. The van der Waals surface area contributed by atoms with Crippen LogP contribution >= 0.6 is 0 Å². The summed E-state index contributed by atoms with van der Waals surface area (Å²) in [5.41, 5.74) is 3.66. The van der Waals surface area contributed by atoms with Crippen molar-refractivity contribution in [3.63, 3.8) is 0 Å². The van der Waals surface area contributed by atoms with E-state index in [0.29, 0.717) is 5.75 Å². The van der Waals surface area contributed by atoms with Crippen molar-refractivity contribution < 1.29 is 19.2 Å². The molecule has 116 valence electrons. The van der Waals surface area contributed by atoms with Crippen LogP contribution in [0, 0.1) is 20.8 Å². The summed E-state index contributed by atoms with van der Waals surface area (Å²) in [5.74, 6) is 0.0789. The summed E-state index contributed by atoms with van der Waals surface area (Å²) in [4.78, 5) is 12.0. The van der Waals surface area contributed by atoms with Crippen molar-refractivity contribution in [3.05, 3.63) is 47.3 Å². The van der Waals surface area contributed by atoms with Gasteiger partial charge in [-0.25, -0.2) is 4.57 Å². The van der Waals surface area contributed by atoms with E-state index in [1.165, 1.54) is 6.07 Å². The largest absolute Gasteiger partial charge is 0.504 e. The minimum Gasteiger partial charge on any atom is -0.504 e. The first-order valence-electron chi connectivity index (χ1n) is 7.07. The minimum absolute atomic E-state index is 0.0233. The minimum atomic E-state index is -0.265. The number of nitrogens with zero attached hydrogens (tertiary/aromatic N) is 1. The Kier molecular flexibility index (Phi) is 4.65. The highest BCUT2D eigenvalue weighted by atomic mass is 16.5. The van der Waals surface area contributed by atoms with Gasteiger partial charge in [-0.2, -0.15) is 0 Å². The summed E-state index contributed by atoms with van der Waals surface area (Å²) < 4.78 is 7.29. The van der Waals surface area contributed by atoms with Gasteiger partial charge in [0.2, 0.25) is 11.4 Å². The molecule has 22 heavy (non-hydrogen) atoms. The zero-order valence-electron chi connectivity index (χ0n) is 13.3. The molecule has 0 saturated carbocycles. The van der Waals surface area contributed by atoms with Gasteiger partial charge in [0.15, 0.2) is 18.6 Å². The van der Waals surface area contributed by atoms with Gasteiger partial charge in [-0.05, 0) is 31.0 Å². The van der Waals surface area contributed by atoms with Gasteiger partial charge in [0.05, 0.1) is 0 Å². The molecule has 0 aliphatic rings. The molecule has 0 aliphatic heterocycles. The van der Waals surface area contributed by atoms with E-state index in [-0.39, 0.29) is 18.3 Å². The van der Waals surface area contributed by atoms with Crippen LogP contribution in [0.15, 0.2) is 30.5 Å². The predicted molar refractivity (Wildman–Crippen MR) is 84.1 cm³/mol. The highest BCUT2D eigenvalue weighted by molar-refractivity contribution is 5.92. The topological polar surface area (TPSA) is 62.4 Å². The molecule has 2 N–H and O–H groups in total. The molecular formula is C17H21N2O3+. The number of rotatable bonds is 4. The number of amides is 1. The van der Waals surface area contributed by atoms with Gasteiger partial charge in [-0.3, -0.25) is 4.79 Å². The fraction of sp³-hybridized carbons (Fsp3) is 0.294. The smallest absolute Gasteiger partial charge is 0.262 e. The summed E-state index contributed by atoms with van der Waals surface area (Å²) in [6.07, 6.45) is 1.73. The normalized spacial score (nSPS) is 10.4. The van der Waals surface area contributed by atoms with Crippen molar-refractivity contribution in [1.29, 1.82) is 0 Å². The van der Waals surface area contributed by atoms with Crippen LogP contribution in [0.2, 0.25) is 0 Å². The zero-order chi connectivity index (χ0) is 16.3. The fourth-order valence-corrected chi connectivity index (χ4v) is 2.10. The maximum atomic E-state index is 12.0. The van der Waals surface area contributed by atoms with E-state index in [9.17, 15) is 9.90 Å². The number of ether oxygens (including phenoxy) is 1. The van der Waals surface area contributed by atoms with Crippen LogP contribution in [0.5, 0.6) is 11.5 Å². The molecule has 1 amide bonds. The molecule has 0 spiro atoms. The van der Waals surface area contributed by atoms with Gasteiger partial charge in [0, 0.05) is 18.7 Å². The SMILES string of the molecule is Cc1cccc(NC(=O)COc2c(O)cc[n+](C)c2C)c1C. The lowest BCUT2D eigenvalue weighted by Gasteiger charge is -2.12. The molecule has 1 aromatic carbocycles. The molecule has 0 unspecified atom stereocenters. The van der Waals surface area contributed by atoms with E-state index in [4.69, 9.17) is 4.74 Å². The second-order valence-corrected chi connectivity index (χ2v) is 5.31. The molecule has 0 saturated heterocycles. The maximum Gasteiger partial charge on any atom is 0.262 e. The monoisotopic (exact) mass is 301 g/mol. The molecule has 1 aromatic heterocycles. The molecule has 5 heteroatoms. The number of nitrogens with one attached hydrogen (secondary N) is 1. The molecule has 0 aliphatic carbocycles. The van der Waals surface area contributed by atoms with Crippen LogP contribution < -0.4 is 14.6 Å². The van der Waals surface area contributed by atoms with Crippen LogP contribution in [0.1, 0.15) is 16.8 Å². The first-order valence-corrected chi connectivity index (χ1v) is 7.07. The molecule has 0 bridgehead atoms. The highest BCUT2D eigenvalue weighted by Gasteiger charge is 2.16. The Morgan fingerprint density at radius 3 is 2.73 bits per heavy atom. The van der Waals surface area contributed by atoms with Gasteiger partial charge in [0.1, 0.15) is 7.05 Å². The number of anilines is 1. The van der Waals surface area contributed by atoms with E-state index >= 15 is 0 Å². The molecule has 2 aromatic rings. The second kappa shape index (κ2) is 6.47. The number of carbonyl (C=O) groups excluding carboxylic acids is 1. The Labute approximate surface area is 130 Å². The van der Waals surface area contributed by atoms with Crippen molar-refractivity contribution in [2.45, 2.75) is 20.8 Å². The molecule has 0 atom stereocenters. The van der Waals surface area contributed by atoms with Crippen LogP contribution in [-0.2, 0) is 11.8 Å². The summed E-state index contributed by atoms with van der Waals surface area (Å²) in [5, 5.41) is 12.7. The van der Waals surface area contributed by atoms with E-state index < -0.39 is 0 Å². The third kappa shape index (κ3) is 3.36. The lowest BCUT2D eigenvalue weighted by molar-refractivity contribution is -0.678. The number of pyridine rings is 1. The first kappa shape index (κ1) is 15.8. The van der Waals surface area contributed by atoms with Gasteiger partial charge >= 0.3 is 0 Å². The van der Waals surface area contributed by atoms with Crippen LogP contribution in [0.3, 0.4) is 0 Å². The quantitative estimate of drug-likeness (QED) is 0.851. The maximum absolute atomic E-state index is 12.0. The Morgan fingerprint density at radius 2 is 2.00 bits per heavy atom. The zero-order valence-corrected chi connectivity index (χ0v) is 13.3. The number of aromatic nitrogens is 1. The fourth-order valence-electron chi connectivity index (χ4n) is 2.10. The molecular weight excluding hydrogens is 280 g/mol. The Bertz CT molecular complexity index is 711. The third-order valence-corrected chi connectivity index (χ3v) is 3.77. The Balaban J connectivity index is 2.05. The van der Waals surface area contributed by atoms with E-state index in [1.54, 1.807) is 6.20 Å². The number of hydrogen-bond acceptors (Lipinski definition) is 3. The number of aromatic hydroxyl groups is 1. The third-order valence-electron chi connectivity index (χ3n) is 3.77. The Hall–Kier alpha value is -2.56. The van der Waals surface area contributed by atoms with Crippen molar-refractivity contribution in [2.24, 2.45) is 7.05 Å².